The quantitative estimate of drug-likeness (QED) is 0.630. The van der Waals surface area contributed by atoms with E-state index in [4.69, 9.17) is 4.74 Å². The predicted molar refractivity (Wildman–Crippen MR) is 66.2 cm³/mol. The summed E-state index contributed by atoms with van der Waals surface area (Å²) in [6, 6.07) is 5.70. The van der Waals surface area contributed by atoms with E-state index in [1.807, 2.05) is 25.1 Å². The van der Waals surface area contributed by atoms with Crippen LogP contribution in [0.5, 0.6) is 5.75 Å². The Morgan fingerprint density at radius 2 is 2.00 bits per heavy atom. The van der Waals surface area contributed by atoms with Gasteiger partial charge in [0.15, 0.2) is 0 Å². The second-order valence-corrected chi connectivity index (χ2v) is 3.84. The van der Waals surface area contributed by atoms with Crippen molar-refractivity contribution in [1.82, 2.24) is 5.32 Å². The van der Waals surface area contributed by atoms with Gasteiger partial charge in [-0.05, 0) is 13.0 Å². The Balaban J connectivity index is 2.60. The second-order valence-electron chi connectivity index (χ2n) is 3.84. The maximum atomic E-state index is 11.4. The van der Waals surface area contributed by atoms with Gasteiger partial charge in [-0.15, -0.1) is 0 Å². The summed E-state index contributed by atoms with van der Waals surface area (Å²) in [5.74, 6) is -0.215. The summed E-state index contributed by atoms with van der Waals surface area (Å²) in [4.78, 5) is 22.3. The van der Waals surface area contributed by atoms with Crippen LogP contribution < -0.4 is 10.1 Å². The Morgan fingerprint density at radius 3 is 2.61 bits per heavy atom. The first-order valence-electron chi connectivity index (χ1n) is 5.54. The van der Waals surface area contributed by atoms with Gasteiger partial charge < -0.3 is 14.8 Å². The lowest BCUT2D eigenvalue weighted by atomic mass is 10.1. The minimum Gasteiger partial charge on any atom is -0.496 e. The normalized spacial score (nSPS) is 9.72. The highest BCUT2D eigenvalue weighted by Crippen LogP contribution is 2.19. The minimum atomic E-state index is -0.552. The molecular formula is C13H17NO4. The lowest BCUT2D eigenvalue weighted by Crippen LogP contribution is -2.25. The van der Waals surface area contributed by atoms with Crippen molar-refractivity contribution in [1.29, 1.82) is 0 Å². The fourth-order valence-corrected chi connectivity index (χ4v) is 1.51. The number of carbonyl (C=O) groups is 2. The molecule has 1 aromatic carbocycles. The molecule has 0 atom stereocenters. The average Bonchev–Trinajstić information content (AvgIpc) is 2.36. The van der Waals surface area contributed by atoms with Crippen molar-refractivity contribution < 1.29 is 19.1 Å². The van der Waals surface area contributed by atoms with E-state index in [-0.39, 0.29) is 12.3 Å². The summed E-state index contributed by atoms with van der Waals surface area (Å²) in [6.45, 7) is 2.28. The molecule has 0 aromatic heterocycles. The van der Waals surface area contributed by atoms with Crippen LogP contribution in [-0.4, -0.2) is 26.1 Å². The molecule has 98 valence electrons. The smallest absolute Gasteiger partial charge is 0.315 e. The third-order valence-electron chi connectivity index (χ3n) is 2.44. The zero-order valence-electron chi connectivity index (χ0n) is 10.8. The number of hydrogen-bond acceptors (Lipinski definition) is 4. The molecule has 0 heterocycles. The number of ether oxygens (including phenoxy) is 2. The van der Waals surface area contributed by atoms with Gasteiger partial charge >= 0.3 is 5.97 Å². The van der Waals surface area contributed by atoms with Crippen molar-refractivity contribution in [3.63, 3.8) is 0 Å². The Bertz CT molecular complexity index is 443. The summed E-state index contributed by atoms with van der Waals surface area (Å²) in [5, 5.41) is 2.65. The van der Waals surface area contributed by atoms with Crippen LogP contribution in [0.15, 0.2) is 18.2 Å². The van der Waals surface area contributed by atoms with Gasteiger partial charge in [0.05, 0.1) is 14.2 Å². The van der Waals surface area contributed by atoms with E-state index in [1.165, 1.54) is 7.11 Å². The summed E-state index contributed by atoms with van der Waals surface area (Å²) in [5.41, 5.74) is 1.95. The lowest BCUT2D eigenvalue weighted by Gasteiger charge is -2.10. The predicted octanol–water partition coefficient (Wildman–Crippen LogP) is 1.18. The Hall–Kier alpha value is -2.04. The van der Waals surface area contributed by atoms with Crippen LogP contribution in [0.1, 0.15) is 17.5 Å². The van der Waals surface area contributed by atoms with Crippen molar-refractivity contribution in [2.45, 2.75) is 19.9 Å². The molecule has 5 nitrogen and oxygen atoms in total. The Morgan fingerprint density at radius 1 is 1.28 bits per heavy atom. The van der Waals surface area contributed by atoms with Crippen LogP contribution in [0.4, 0.5) is 0 Å². The van der Waals surface area contributed by atoms with Crippen LogP contribution in [0.2, 0.25) is 0 Å². The molecule has 0 radical (unpaired) electrons. The van der Waals surface area contributed by atoms with E-state index in [2.05, 4.69) is 10.1 Å². The second kappa shape index (κ2) is 6.64. The van der Waals surface area contributed by atoms with E-state index in [1.54, 1.807) is 7.11 Å². The number of rotatable bonds is 5. The van der Waals surface area contributed by atoms with Crippen LogP contribution >= 0.6 is 0 Å². The SMILES string of the molecule is COC(=O)CC(=O)NCc1cc(C)ccc1OC. The zero-order chi connectivity index (χ0) is 13.5. The maximum Gasteiger partial charge on any atom is 0.315 e. The first-order chi connectivity index (χ1) is 8.56. The van der Waals surface area contributed by atoms with E-state index >= 15 is 0 Å². The van der Waals surface area contributed by atoms with Crippen molar-refractivity contribution in [3.8, 4) is 5.75 Å². The largest absolute Gasteiger partial charge is 0.496 e. The standard InChI is InChI=1S/C13H17NO4/c1-9-4-5-11(17-2)10(6-9)8-14-12(15)7-13(16)18-3/h4-6H,7-8H2,1-3H3,(H,14,15). The number of carbonyl (C=O) groups excluding carboxylic acids is 2. The van der Waals surface area contributed by atoms with Crippen LogP contribution in [0, 0.1) is 6.92 Å². The number of methoxy groups -OCH3 is 2. The van der Waals surface area contributed by atoms with Crippen LogP contribution in [0.3, 0.4) is 0 Å². The van der Waals surface area contributed by atoms with E-state index in [0.29, 0.717) is 12.3 Å². The number of amides is 1. The van der Waals surface area contributed by atoms with Gasteiger partial charge in [-0.2, -0.15) is 0 Å². The summed E-state index contributed by atoms with van der Waals surface area (Å²) >= 11 is 0. The molecule has 0 aliphatic carbocycles. The molecule has 0 saturated heterocycles. The minimum absolute atomic E-state index is 0.273. The van der Waals surface area contributed by atoms with Gasteiger partial charge in [0, 0.05) is 12.1 Å². The summed E-state index contributed by atoms with van der Waals surface area (Å²) < 4.78 is 9.60. The highest BCUT2D eigenvalue weighted by Gasteiger charge is 2.10. The molecule has 5 heteroatoms. The van der Waals surface area contributed by atoms with Crippen molar-refractivity contribution in [2.24, 2.45) is 0 Å². The fraction of sp³-hybridized carbons (Fsp3) is 0.385. The van der Waals surface area contributed by atoms with Crippen molar-refractivity contribution in [3.05, 3.63) is 29.3 Å². The number of esters is 1. The highest BCUT2D eigenvalue weighted by molar-refractivity contribution is 5.94. The molecule has 1 rings (SSSR count). The molecule has 0 aliphatic rings. The number of hydrogen-bond donors (Lipinski definition) is 1. The zero-order valence-corrected chi connectivity index (χ0v) is 10.8. The van der Waals surface area contributed by atoms with Gasteiger partial charge in [-0.3, -0.25) is 9.59 Å². The topological polar surface area (TPSA) is 64.6 Å². The maximum absolute atomic E-state index is 11.4. The monoisotopic (exact) mass is 251 g/mol. The van der Waals surface area contributed by atoms with Crippen LogP contribution in [-0.2, 0) is 20.9 Å². The molecule has 1 amide bonds. The molecular weight excluding hydrogens is 234 g/mol. The third kappa shape index (κ3) is 4.08. The molecule has 0 spiro atoms. The number of aryl methyl sites for hydroxylation is 1. The average molecular weight is 251 g/mol. The van der Waals surface area contributed by atoms with Crippen molar-refractivity contribution >= 4 is 11.9 Å². The molecule has 1 aromatic rings. The molecule has 0 unspecified atom stereocenters. The van der Waals surface area contributed by atoms with E-state index in [0.717, 1.165) is 11.1 Å². The first-order valence-corrected chi connectivity index (χ1v) is 5.54. The number of nitrogens with one attached hydrogen (secondary N) is 1. The fourth-order valence-electron chi connectivity index (χ4n) is 1.51. The number of benzene rings is 1. The van der Waals surface area contributed by atoms with Gasteiger partial charge in [0.25, 0.3) is 0 Å². The molecule has 1 N–H and O–H groups in total. The van der Waals surface area contributed by atoms with E-state index < -0.39 is 5.97 Å². The molecule has 0 bridgehead atoms. The van der Waals surface area contributed by atoms with E-state index in [9.17, 15) is 9.59 Å². The molecule has 18 heavy (non-hydrogen) atoms. The third-order valence-corrected chi connectivity index (χ3v) is 2.44. The Kier molecular flexibility index (Phi) is 5.17. The molecule has 0 aliphatic heterocycles. The van der Waals surface area contributed by atoms with Crippen molar-refractivity contribution in [2.75, 3.05) is 14.2 Å². The van der Waals surface area contributed by atoms with Gasteiger partial charge in [0.2, 0.25) is 5.91 Å². The summed E-state index contributed by atoms with van der Waals surface area (Å²) in [6.07, 6.45) is -0.273. The van der Waals surface area contributed by atoms with Gasteiger partial charge in [-0.1, -0.05) is 17.7 Å². The van der Waals surface area contributed by atoms with Crippen LogP contribution in [0.25, 0.3) is 0 Å². The van der Waals surface area contributed by atoms with Gasteiger partial charge in [-0.25, -0.2) is 0 Å². The highest BCUT2D eigenvalue weighted by atomic mass is 16.5. The summed E-state index contributed by atoms with van der Waals surface area (Å²) in [7, 11) is 2.82. The lowest BCUT2D eigenvalue weighted by molar-refractivity contribution is -0.143. The Labute approximate surface area is 106 Å². The molecule has 0 fully saturated rings. The molecule has 0 saturated carbocycles. The first kappa shape index (κ1) is 14.0. The van der Waals surface area contributed by atoms with Gasteiger partial charge in [0.1, 0.15) is 12.2 Å².